The molecule has 0 saturated carbocycles. The van der Waals surface area contributed by atoms with Crippen molar-refractivity contribution < 1.29 is 8.42 Å². The summed E-state index contributed by atoms with van der Waals surface area (Å²) >= 11 is 0. The predicted octanol–water partition coefficient (Wildman–Crippen LogP) is -0.241. The van der Waals surface area contributed by atoms with Crippen LogP contribution in [0.2, 0.25) is 0 Å². The van der Waals surface area contributed by atoms with Crippen LogP contribution in [0, 0.1) is 0 Å². The summed E-state index contributed by atoms with van der Waals surface area (Å²) in [5.41, 5.74) is 1.25. The van der Waals surface area contributed by atoms with Crippen LogP contribution in [0.1, 0.15) is 5.56 Å². The zero-order valence-corrected chi connectivity index (χ0v) is 13.9. The van der Waals surface area contributed by atoms with Gasteiger partial charge in [0.25, 0.3) is 10.0 Å². The molecule has 1 aliphatic heterocycles. The summed E-state index contributed by atoms with van der Waals surface area (Å²) in [6, 6.07) is 4.02. The standard InChI is InChI=1S/C14H20N6O2S/c1-18-14(12-16-17-18)23(21,22)20-10-8-19(9-11-20)7-4-13-2-5-15-6-3-13/h2-3,5-6,12H,4,7-11H2,1H3. The highest BCUT2D eigenvalue weighted by atomic mass is 32.2. The van der Waals surface area contributed by atoms with E-state index in [1.165, 1.54) is 20.7 Å². The second-order valence-electron chi connectivity index (χ2n) is 5.55. The van der Waals surface area contributed by atoms with Gasteiger partial charge >= 0.3 is 0 Å². The molecule has 0 aromatic carbocycles. The van der Waals surface area contributed by atoms with Gasteiger partial charge in [-0.05, 0) is 24.1 Å². The quantitative estimate of drug-likeness (QED) is 0.749. The van der Waals surface area contributed by atoms with E-state index in [-0.39, 0.29) is 5.03 Å². The average Bonchev–Trinajstić information content (AvgIpc) is 3.01. The Kier molecular flexibility index (Phi) is 4.69. The van der Waals surface area contributed by atoms with Gasteiger partial charge in [-0.1, -0.05) is 5.21 Å². The van der Waals surface area contributed by atoms with Crippen LogP contribution in [0.25, 0.3) is 0 Å². The van der Waals surface area contributed by atoms with E-state index in [4.69, 9.17) is 0 Å². The van der Waals surface area contributed by atoms with Crippen LogP contribution >= 0.6 is 0 Å². The number of piperazine rings is 1. The van der Waals surface area contributed by atoms with E-state index in [9.17, 15) is 8.42 Å². The third-order valence-electron chi connectivity index (χ3n) is 4.07. The Morgan fingerprint density at radius 2 is 1.83 bits per heavy atom. The Labute approximate surface area is 135 Å². The van der Waals surface area contributed by atoms with E-state index >= 15 is 0 Å². The first kappa shape index (κ1) is 16.0. The molecule has 2 aromatic rings. The van der Waals surface area contributed by atoms with E-state index in [0.29, 0.717) is 13.1 Å². The van der Waals surface area contributed by atoms with Crippen LogP contribution in [0.15, 0.2) is 35.7 Å². The van der Waals surface area contributed by atoms with Gasteiger partial charge in [0, 0.05) is 52.2 Å². The lowest BCUT2D eigenvalue weighted by molar-refractivity contribution is 0.189. The van der Waals surface area contributed by atoms with Gasteiger partial charge in [-0.3, -0.25) is 4.98 Å². The first-order chi connectivity index (χ1) is 11.1. The summed E-state index contributed by atoms with van der Waals surface area (Å²) in [7, 11) is -1.92. The molecule has 1 fully saturated rings. The summed E-state index contributed by atoms with van der Waals surface area (Å²) < 4.78 is 27.9. The maximum atomic E-state index is 12.6. The molecule has 1 aliphatic rings. The molecule has 0 N–H and O–H groups in total. The molecule has 8 nitrogen and oxygen atoms in total. The largest absolute Gasteiger partial charge is 0.300 e. The van der Waals surface area contributed by atoms with Gasteiger partial charge in [-0.25, -0.2) is 13.1 Å². The van der Waals surface area contributed by atoms with Crippen LogP contribution in [0.3, 0.4) is 0 Å². The number of nitrogens with zero attached hydrogens (tertiary/aromatic N) is 6. The lowest BCUT2D eigenvalue weighted by Gasteiger charge is -2.33. The number of hydrogen-bond donors (Lipinski definition) is 0. The third kappa shape index (κ3) is 3.57. The lowest BCUT2D eigenvalue weighted by atomic mass is 10.2. The fraction of sp³-hybridized carbons (Fsp3) is 0.500. The number of aromatic nitrogens is 4. The molecule has 3 heterocycles. The van der Waals surface area contributed by atoms with Gasteiger partial charge in [-0.15, -0.1) is 5.10 Å². The highest BCUT2D eigenvalue weighted by Gasteiger charge is 2.30. The van der Waals surface area contributed by atoms with Crippen molar-refractivity contribution in [3.05, 3.63) is 36.3 Å². The molecule has 0 spiro atoms. The van der Waals surface area contributed by atoms with Crippen LogP contribution in [-0.4, -0.2) is 70.3 Å². The number of sulfonamides is 1. The van der Waals surface area contributed by atoms with Crippen molar-refractivity contribution in [2.24, 2.45) is 7.05 Å². The predicted molar refractivity (Wildman–Crippen MR) is 84.1 cm³/mol. The van der Waals surface area contributed by atoms with E-state index in [1.54, 1.807) is 19.4 Å². The monoisotopic (exact) mass is 336 g/mol. The molecule has 0 atom stereocenters. The van der Waals surface area contributed by atoms with Crippen molar-refractivity contribution in [1.29, 1.82) is 0 Å². The minimum Gasteiger partial charge on any atom is -0.300 e. The zero-order chi connectivity index (χ0) is 16.3. The fourth-order valence-corrected chi connectivity index (χ4v) is 4.14. The van der Waals surface area contributed by atoms with E-state index < -0.39 is 10.0 Å². The normalized spacial score (nSPS) is 17.4. The molecule has 0 aliphatic carbocycles. The van der Waals surface area contributed by atoms with Crippen LogP contribution in [0.4, 0.5) is 0 Å². The molecular formula is C14H20N6O2S. The van der Waals surface area contributed by atoms with Crippen LogP contribution in [-0.2, 0) is 23.5 Å². The van der Waals surface area contributed by atoms with Crippen molar-refractivity contribution in [3.63, 3.8) is 0 Å². The van der Waals surface area contributed by atoms with E-state index in [2.05, 4.69) is 20.2 Å². The Morgan fingerprint density at radius 3 is 2.43 bits per heavy atom. The molecule has 3 rings (SSSR count). The number of rotatable bonds is 5. The molecule has 0 bridgehead atoms. The smallest absolute Gasteiger partial charge is 0.261 e. The fourth-order valence-electron chi connectivity index (χ4n) is 2.68. The Hall–Kier alpha value is -1.84. The van der Waals surface area contributed by atoms with Gasteiger partial charge < -0.3 is 4.90 Å². The van der Waals surface area contributed by atoms with Gasteiger partial charge in [0.1, 0.15) is 0 Å². The molecule has 9 heteroatoms. The minimum atomic E-state index is -3.50. The molecular weight excluding hydrogens is 316 g/mol. The molecule has 23 heavy (non-hydrogen) atoms. The zero-order valence-electron chi connectivity index (χ0n) is 13.0. The van der Waals surface area contributed by atoms with Crippen LogP contribution in [0.5, 0.6) is 0 Å². The van der Waals surface area contributed by atoms with Crippen LogP contribution < -0.4 is 0 Å². The second kappa shape index (κ2) is 6.73. The van der Waals surface area contributed by atoms with Crippen molar-refractivity contribution in [2.45, 2.75) is 11.4 Å². The SMILES string of the molecule is Cn1nncc1S(=O)(=O)N1CCN(CCc2ccncc2)CC1. The number of hydrogen-bond acceptors (Lipinski definition) is 6. The molecule has 0 unspecified atom stereocenters. The Bertz CT molecular complexity index is 738. The molecule has 0 amide bonds. The molecule has 124 valence electrons. The van der Waals surface area contributed by atoms with Gasteiger partial charge in [-0.2, -0.15) is 4.31 Å². The summed E-state index contributed by atoms with van der Waals surface area (Å²) in [4.78, 5) is 6.30. The summed E-state index contributed by atoms with van der Waals surface area (Å²) in [6.07, 6.45) is 5.83. The second-order valence-corrected chi connectivity index (χ2v) is 7.43. The molecule has 2 aromatic heterocycles. The summed E-state index contributed by atoms with van der Waals surface area (Å²) in [5.74, 6) is 0. The van der Waals surface area contributed by atoms with Crippen molar-refractivity contribution in [1.82, 2.24) is 29.2 Å². The van der Waals surface area contributed by atoms with Gasteiger partial charge in [0.05, 0.1) is 6.20 Å². The summed E-state index contributed by atoms with van der Waals surface area (Å²) in [6.45, 7) is 3.37. The first-order valence-corrected chi connectivity index (χ1v) is 8.97. The topological polar surface area (TPSA) is 84.2 Å². The minimum absolute atomic E-state index is 0.141. The maximum Gasteiger partial charge on any atom is 0.261 e. The highest BCUT2D eigenvalue weighted by Crippen LogP contribution is 2.16. The van der Waals surface area contributed by atoms with E-state index in [0.717, 1.165) is 26.1 Å². The first-order valence-electron chi connectivity index (χ1n) is 7.53. The number of aryl methyl sites for hydroxylation is 1. The average molecular weight is 336 g/mol. The molecule has 1 saturated heterocycles. The van der Waals surface area contributed by atoms with Crippen molar-refractivity contribution >= 4 is 10.0 Å². The lowest BCUT2D eigenvalue weighted by Crippen LogP contribution is -2.49. The van der Waals surface area contributed by atoms with Gasteiger partial charge in [0.15, 0.2) is 5.03 Å². The molecule has 0 radical (unpaired) electrons. The van der Waals surface area contributed by atoms with E-state index in [1.807, 2.05) is 12.1 Å². The Morgan fingerprint density at radius 1 is 1.13 bits per heavy atom. The third-order valence-corrected chi connectivity index (χ3v) is 6.02. The summed E-state index contributed by atoms with van der Waals surface area (Å²) in [5, 5.41) is 7.49. The number of pyridine rings is 1. The maximum absolute atomic E-state index is 12.6. The van der Waals surface area contributed by atoms with Gasteiger partial charge in [0.2, 0.25) is 0 Å². The van der Waals surface area contributed by atoms with Crippen molar-refractivity contribution in [3.8, 4) is 0 Å². The van der Waals surface area contributed by atoms with Crippen molar-refractivity contribution in [2.75, 3.05) is 32.7 Å². The highest BCUT2D eigenvalue weighted by molar-refractivity contribution is 7.89. The Balaban J connectivity index is 1.55.